The first-order valence-corrected chi connectivity index (χ1v) is 10.4. The van der Waals surface area contributed by atoms with Crippen molar-refractivity contribution in [2.75, 3.05) is 16.8 Å². The smallest absolute Gasteiger partial charge is 0.253 e. The fraction of sp³-hybridized carbons (Fsp3) is 0.217. The number of carbonyl (C=O) groups is 2. The summed E-state index contributed by atoms with van der Waals surface area (Å²) in [6.45, 7) is 2.46. The lowest BCUT2D eigenvalue weighted by Crippen LogP contribution is -2.40. The van der Waals surface area contributed by atoms with Gasteiger partial charge >= 0.3 is 0 Å². The Morgan fingerprint density at radius 1 is 1.23 bits per heavy atom. The molecule has 0 spiro atoms. The molecule has 0 saturated heterocycles. The van der Waals surface area contributed by atoms with Gasteiger partial charge in [0.1, 0.15) is 0 Å². The van der Waals surface area contributed by atoms with Crippen molar-refractivity contribution in [2.45, 2.75) is 25.9 Å². The molecule has 1 aliphatic rings. The van der Waals surface area contributed by atoms with Gasteiger partial charge in [-0.25, -0.2) is 4.98 Å². The first-order chi connectivity index (χ1) is 15.0. The summed E-state index contributed by atoms with van der Waals surface area (Å²) < 4.78 is 0. The van der Waals surface area contributed by atoms with E-state index in [4.69, 9.17) is 11.6 Å². The molecule has 2 aromatic heterocycles. The number of carbonyl (C=O) groups excluding carboxylic acids is 2. The zero-order chi connectivity index (χ0) is 21.8. The van der Waals surface area contributed by atoms with Crippen molar-refractivity contribution in [3.63, 3.8) is 0 Å². The summed E-state index contributed by atoms with van der Waals surface area (Å²) in [5.41, 5.74) is 2.96. The summed E-state index contributed by atoms with van der Waals surface area (Å²) in [6.07, 6.45) is 5.70. The molecule has 0 saturated carbocycles. The van der Waals surface area contributed by atoms with Gasteiger partial charge in [-0.05, 0) is 48.7 Å². The van der Waals surface area contributed by atoms with E-state index in [9.17, 15) is 9.59 Å². The van der Waals surface area contributed by atoms with E-state index in [1.54, 1.807) is 35.5 Å². The van der Waals surface area contributed by atoms with Gasteiger partial charge in [0.05, 0.1) is 24.3 Å². The molecule has 1 aromatic carbocycles. The molecule has 1 atom stereocenters. The molecular weight excluding hydrogens is 414 g/mol. The predicted octanol–water partition coefficient (Wildman–Crippen LogP) is 3.45. The van der Waals surface area contributed by atoms with E-state index < -0.39 is 0 Å². The number of pyridine rings is 2. The van der Waals surface area contributed by atoms with Crippen LogP contribution in [0.25, 0.3) is 0 Å². The average molecular weight is 436 g/mol. The minimum absolute atomic E-state index is 0.0855. The lowest BCUT2D eigenvalue weighted by molar-refractivity contribution is -0.117. The van der Waals surface area contributed by atoms with Crippen LogP contribution >= 0.6 is 11.6 Å². The van der Waals surface area contributed by atoms with Crippen molar-refractivity contribution in [1.82, 2.24) is 15.3 Å². The van der Waals surface area contributed by atoms with Crippen LogP contribution in [-0.4, -0.2) is 34.4 Å². The van der Waals surface area contributed by atoms with Crippen molar-refractivity contribution >= 4 is 34.9 Å². The summed E-state index contributed by atoms with van der Waals surface area (Å²) >= 11 is 5.96. The second-order valence-corrected chi connectivity index (χ2v) is 7.93. The Bertz CT molecular complexity index is 1090. The molecule has 1 aliphatic heterocycles. The first-order valence-electron chi connectivity index (χ1n) is 9.98. The van der Waals surface area contributed by atoms with Crippen LogP contribution in [0.3, 0.4) is 0 Å². The maximum absolute atomic E-state index is 12.8. The van der Waals surface area contributed by atoms with Crippen LogP contribution in [0, 0.1) is 0 Å². The molecule has 0 aliphatic carbocycles. The third kappa shape index (κ3) is 5.00. The van der Waals surface area contributed by atoms with Crippen LogP contribution in [0.2, 0.25) is 5.02 Å². The zero-order valence-electron chi connectivity index (χ0n) is 17.0. The maximum atomic E-state index is 12.8. The van der Waals surface area contributed by atoms with E-state index >= 15 is 0 Å². The highest BCUT2D eigenvalue weighted by Crippen LogP contribution is 2.30. The Morgan fingerprint density at radius 3 is 2.77 bits per heavy atom. The molecule has 2 amide bonds. The van der Waals surface area contributed by atoms with E-state index in [1.165, 1.54) is 6.20 Å². The molecule has 1 unspecified atom stereocenters. The Balaban J connectivity index is 1.51. The maximum Gasteiger partial charge on any atom is 0.253 e. The Hall–Kier alpha value is -3.45. The fourth-order valence-corrected chi connectivity index (χ4v) is 3.61. The van der Waals surface area contributed by atoms with E-state index in [2.05, 4.69) is 20.6 Å². The van der Waals surface area contributed by atoms with Crippen LogP contribution < -0.4 is 15.5 Å². The van der Waals surface area contributed by atoms with Crippen molar-refractivity contribution in [2.24, 2.45) is 0 Å². The minimum atomic E-state index is -0.240. The summed E-state index contributed by atoms with van der Waals surface area (Å²) in [7, 11) is 0. The van der Waals surface area contributed by atoms with Crippen LogP contribution in [-0.2, 0) is 17.8 Å². The number of aromatic nitrogens is 2. The zero-order valence-corrected chi connectivity index (χ0v) is 17.8. The molecule has 31 heavy (non-hydrogen) atoms. The summed E-state index contributed by atoms with van der Waals surface area (Å²) in [5.74, 6) is 0.247. The molecule has 158 valence electrons. The molecule has 3 aromatic rings. The van der Waals surface area contributed by atoms with E-state index in [-0.39, 0.29) is 24.4 Å². The van der Waals surface area contributed by atoms with Gasteiger partial charge < -0.3 is 15.5 Å². The summed E-state index contributed by atoms with van der Waals surface area (Å²) in [4.78, 5) is 35.5. The number of halogens is 1. The van der Waals surface area contributed by atoms with Gasteiger partial charge in [0, 0.05) is 29.7 Å². The molecule has 3 heterocycles. The Morgan fingerprint density at radius 2 is 2.03 bits per heavy atom. The van der Waals surface area contributed by atoms with Crippen molar-refractivity contribution in [3.8, 4) is 0 Å². The first kappa shape index (κ1) is 20.8. The van der Waals surface area contributed by atoms with Gasteiger partial charge in [0.2, 0.25) is 5.91 Å². The molecule has 4 rings (SSSR count). The van der Waals surface area contributed by atoms with Gasteiger partial charge in [0.25, 0.3) is 5.91 Å². The van der Waals surface area contributed by atoms with Crippen molar-refractivity contribution in [1.29, 1.82) is 0 Å². The molecule has 7 nitrogen and oxygen atoms in total. The molecule has 0 radical (unpaired) electrons. The van der Waals surface area contributed by atoms with Crippen LogP contribution in [0.4, 0.5) is 11.5 Å². The highest BCUT2D eigenvalue weighted by atomic mass is 35.5. The highest BCUT2D eigenvalue weighted by Gasteiger charge is 2.26. The van der Waals surface area contributed by atoms with Gasteiger partial charge in [-0.3, -0.25) is 14.6 Å². The highest BCUT2D eigenvalue weighted by molar-refractivity contribution is 6.30. The SMILES string of the molecule is CC(Cc1cccnc1)NC(=O)c1cnc2c(c1)N(Cc1ccc(Cl)cc1)C(=O)CN2. The third-order valence-electron chi connectivity index (χ3n) is 5.02. The Labute approximate surface area is 185 Å². The van der Waals surface area contributed by atoms with Crippen molar-refractivity contribution < 1.29 is 9.59 Å². The van der Waals surface area contributed by atoms with E-state index in [1.807, 2.05) is 31.2 Å². The molecule has 2 N–H and O–H groups in total. The van der Waals surface area contributed by atoms with E-state index in [0.717, 1.165) is 11.1 Å². The minimum Gasteiger partial charge on any atom is -0.359 e. The van der Waals surface area contributed by atoms with Gasteiger partial charge in [-0.1, -0.05) is 29.8 Å². The lowest BCUT2D eigenvalue weighted by Gasteiger charge is -2.30. The predicted molar refractivity (Wildman–Crippen MR) is 120 cm³/mol. The number of rotatable bonds is 6. The average Bonchev–Trinajstić information content (AvgIpc) is 2.77. The molecule has 0 bridgehead atoms. The van der Waals surface area contributed by atoms with E-state index in [0.29, 0.717) is 35.1 Å². The number of amides is 2. The van der Waals surface area contributed by atoms with Gasteiger partial charge in [-0.15, -0.1) is 0 Å². The second kappa shape index (κ2) is 9.14. The fourth-order valence-electron chi connectivity index (χ4n) is 3.48. The topological polar surface area (TPSA) is 87.2 Å². The quantitative estimate of drug-likeness (QED) is 0.619. The normalized spacial score (nSPS) is 13.9. The third-order valence-corrected chi connectivity index (χ3v) is 5.28. The second-order valence-electron chi connectivity index (χ2n) is 7.49. The molecule has 0 fully saturated rings. The summed E-state index contributed by atoms with van der Waals surface area (Å²) in [5, 5.41) is 6.64. The van der Waals surface area contributed by atoms with Gasteiger partial charge in [-0.2, -0.15) is 0 Å². The number of nitrogens with zero attached hydrogens (tertiary/aromatic N) is 3. The standard InChI is InChI=1S/C23H22ClN5O2/c1-15(9-17-3-2-8-25-11-17)28-23(31)18-10-20-22(26-12-18)27-13-21(30)29(20)14-16-4-6-19(24)7-5-16/h2-8,10-12,15H,9,13-14H2,1H3,(H,26,27)(H,28,31). The lowest BCUT2D eigenvalue weighted by atomic mass is 10.1. The number of hydrogen-bond donors (Lipinski definition) is 2. The number of benzene rings is 1. The Kier molecular flexibility index (Phi) is 6.13. The van der Waals surface area contributed by atoms with Crippen LogP contribution in [0.1, 0.15) is 28.4 Å². The number of anilines is 2. The molecule has 8 heteroatoms. The number of fused-ring (bicyclic) bond motifs is 1. The largest absolute Gasteiger partial charge is 0.359 e. The van der Waals surface area contributed by atoms with Crippen LogP contribution in [0.15, 0.2) is 61.1 Å². The van der Waals surface area contributed by atoms with Crippen molar-refractivity contribution in [3.05, 3.63) is 82.8 Å². The summed E-state index contributed by atoms with van der Waals surface area (Å²) in [6, 6.07) is 12.8. The molecular formula is C23H22ClN5O2. The van der Waals surface area contributed by atoms with Gasteiger partial charge in [0.15, 0.2) is 5.82 Å². The number of nitrogens with one attached hydrogen (secondary N) is 2. The number of hydrogen-bond acceptors (Lipinski definition) is 5. The van der Waals surface area contributed by atoms with Crippen LogP contribution in [0.5, 0.6) is 0 Å². The monoisotopic (exact) mass is 435 g/mol.